The molecule has 0 saturated carbocycles. The Morgan fingerprint density at radius 1 is 1.09 bits per heavy atom. The number of aromatic nitrogens is 1. The van der Waals surface area contributed by atoms with Gasteiger partial charge in [-0.3, -0.25) is 4.79 Å². The quantitative estimate of drug-likeness (QED) is 0.620. The van der Waals surface area contributed by atoms with Crippen molar-refractivity contribution >= 4 is 11.8 Å². The number of rotatable bonds is 3. The zero-order valence-corrected chi connectivity index (χ0v) is 17.3. The standard InChI is InChI=1S/C20H21F6N3O4/c21-19(22,23)14-4-17(27-5-15(14)20(24,25)26)33-9-11-6-29(7-11)18(31)28-2-1-16-12(8-28)3-13(30)10-32-16/h4-5,11-12,16H,1-3,6-10H2/t12-,16+/m1/s1. The van der Waals surface area contributed by atoms with E-state index >= 15 is 0 Å². The van der Waals surface area contributed by atoms with E-state index in [0.717, 1.165) is 0 Å². The normalized spacial score (nSPS) is 24.4. The lowest BCUT2D eigenvalue weighted by Crippen LogP contribution is -2.59. The number of hydrogen-bond acceptors (Lipinski definition) is 5. The van der Waals surface area contributed by atoms with Gasteiger partial charge in [-0.15, -0.1) is 0 Å². The highest BCUT2D eigenvalue weighted by Gasteiger charge is 2.44. The summed E-state index contributed by atoms with van der Waals surface area (Å²) >= 11 is 0. The Balaban J connectivity index is 1.28. The highest BCUT2D eigenvalue weighted by Crippen LogP contribution is 2.41. The highest BCUT2D eigenvalue weighted by atomic mass is 19.4. The van der Waals surface area contributed by atoms with Gasteiger partial charge < -0.3 is 19.3 Å². The highest BCUT2D eigenvalue weighted by molar-refractivity contribution is 5.81. The Bertz CT molecular complexity index is 916. The van der Waals surface area contributed by atoms with E-state index in [1.165, 1.54) is 0 Å². The number of Topliss-reactive ketones (excluding diaryl/α,β-unsaturated/α-hetero) is 1. The molecule has 3 saturated heterocycles. The molecule has 1 aromatic rings. The molecule has 33 heavy (non-hydrogen) atoms. The van der Waals surface area contributed by atoms with Crippen LogP contribution in [0.3, 0.4) is 0 Å². The van der Waals surface area contributed by atoms with E-state index in [9.17, 15) is 35.9 Å². The topological polar surface area (TPSA) is 72.0 Å². The van der Waals surface area contributed by atoms with Crippen molar-refractivity contribution in [3.8, 4) is 5.88 Å². The predicted molar refractivity (Wildman–Crippen MR) is 99.2 cm³/mol. The average Bonchev–Trinajstić information content (AvgIpc) is 2.70. The zero-order chi connectivity index (χ0) is 24.0. The maximum Gasteiger partial charge on any atom is 0.418 e. The van der Waals surface area contributed by atoms with Gasteiger partial charge in [-0.1, -0.05) is 0 Å². The van der Waals surface area contributed by atoms with Crippen LogP contribution in [0.15, 0.2) is 12.3 Å². The molecule has 0 spiro atoms. The third kappa shape index (κ3) is 5.17. The Morgan fingerprint density at radius 3 is 2.45 bits per heavy atom. The Kier molecular flexibility index (Phi) is 6.18. The number of ketones is 1. The van der Waals surface area contributed by atoms with Gasteiger partial charge in [-0.25, -0.2) is 9.78 Å². The van der Waals surface area contributed by atoms with Gasteiger partial charge >= 0.3 is 18.4 Å². The summed E-state index contributed by atoms with van der Waals surface area (Å²) in [6, 6.07) is 0.0389. The molecule has 2 amide bonds. The van der Waals surface area contributed by atoms with Crippen LogP contribution in [0.5, 0.6) is 5.88 Å². The fourth-order valence-electron chi connectivity index (χ4n) is 4.36. The minimum absolute atomic E-state index is 0.0114. The van der Waals surface area contributed by atoms with Crippen molar-refractivity contribution in [3.05, 3.63) is 23.4 Å². The fraction of sp³-hybridized carbons (Fsp3) is 0.650. The smallest absolute Gasteiger partial charge is 0.418 e. The van der Waals surface area contributed by atoms with E-state index in [-0.39, 0.29) is 55.2 Å². The number of halogens is 6. The summed E-state index contributed by atoms with van der Waals surface area (Å²) in [5.74, 6) is -0.774. The van der Waals surface area contributed by atoms with E-state index in [1.807, 2.05) is 0 Å². The van der Waals surface area contributed by atoms with Gasteiger partial charge in [0.15, 0.2) is 5.78 Å². The van der Waals surface area contributed by atoms with Crippen LogP contribution in [-0.2, 0) is 21.9 Å². The number of pyridine rings is 1. The summed E-state index contributed by atoms with van der Waals surface area (Å²) < 4.78 is 88.2. The summed E-state index contributed by atoms with van der Waals surface area (Å²) in [5.41, 5.74) is -3.74. The van der Waals surface area contributed by atoms with Crippen LogP contribution in [0.25, 0.3) is 0 Å². The van der Waals surface area contributed by atoms with Crippen molar-refractivity contribution in [1.82, 2.24) is 14.8 Å². The van der Waals surface area contributed by atoms with Crippen molar-refractivity contribution in [2.75, 3.05) is 39.4 Å². The van der Waals surface area contributed by atoms with Gasteiger partial charge in [0.05, 0.1) is 23.8 Å². The zero-order valence-electron chi connectivity index (χ0n) is 17.3. The number of hydrogen-bond donors (Lipinski definition) is 0. The molecule has 7 nitrogen and oxygen atoms in total. The molecule has 4 rings (SSSR count). The fourth-order valence-corrected chi connectivity index (χ4v) is 4.36. The lowest BCUT2D eigenvalue weighted by Gasteiger charge is -2.45. The van der Waals surface area contributed by atoms with Crippen molar-refractivity contribution in [2.45, 2.75) is 31.3 Å². The maximum absolute atomic E-state index is 13.0. The van der Waals surface area contributed by atoms with Crippen molar-refractivity contribution < 1.29 is 45.4 Å². The molecule has 0 aliphatic carbocycles. The number of carbonyl (C=O) groups excluding carboxylic acids is 2. The number of piperidine rings is 1. The van der Waals surface area contributed by atoms with Crippen LogP contribution in [0, 0.1) is 11.8 Å². The van der Waals surface area contributed by atoms with Gasteiger partial charge in [0.2, 0.25) is 5.88 Å². The molecule has 13 heteroatoms. The SMILES string of the molecule is O=C1CO[C@H]2CCN(C(=O)N3CC(COc4cc(C(F)(F)F)c(C(F)(F)F)cn4)C3)C[C@H]2C1. The molecule has 0 N–H and O–H groups in total. The number of fused-ring (bicyclic) bond motifs is 1. The first-order valence-electron chi connectivity index (χ1n) is 10.4. The summed E-state index contributed by atoms with van der Waals surface area (Å²) in [6.07, 6.45) is -9.31. The summed E-state index contributed by atoms with van der Waals surface area (Å²) in [4.78, 5) is 30.8. The monoisotopic (exact) mass is 481 g/mol. The molecule has 0 radical (unpaired) electrons. The first-order chi connectivity index (χ1) is 15.4. The molecule has 3 aliphatic rings. The Morgan fingerprint density at radius 2 is 1.79 bits per heavy atom. The van der Waals surface area contributed by atoms with Crippen LogP contribution in [0.4, 0.5) is 31.1 Å². The third-order valence-corrected chi connectivity index (χ3v) is 6.07. The molecule has 2 atom stereocenters. The largest absolute Gasteiger partial charge is 0.477 e. The molecular weight excluding hydrogens is 460 g/mol. The van der Waals surface area contributed by atoms with E-state index < -0.39 is 29.4 Å². The molecule has 3 fully saturated rings. The number of likely N-dealkylation sites (tertiary alicyclic amines) is 2. The number of alkyl halides is 6. The second kappa shape index (κ2) is 8.65. The van der Waals surface area contributed by atoms with Gasteiger partial charge in [0, 0.05) is 56.7 Å². The predicted octanol–water partition coefficient (Wildman–Crippen LogP) is 3.23. The first-order valence-corrected chi connectivity index (χ1v) is 10.4. The molecular formula is C20H21F6N3O4. The number of ether oxygens (including phenoxy) is 2. The van der Waals surface area contributed by atoms with Crippen LogP contribution in [0.2, 0.25) is 0 Å². The van der Waals surface area contributed by atoms with Crippen molar-refractivity contribution in [3.63, 3.8) is 0 Å². The Hall–Kier alpha value is -2.57. The van der Waals surface area contributed by atoms with Crippen molar-refractivity contribution in [1.29, 1.82) is 0 Å². The summed E-state index contributed by atoms with van der Waals surface area (Å²) in [7, 11) is 0. The third-order valence-electron chi connectivity index (χ3n) is 6.07. The molecule has 0 bridgehead atoms. The molecule has 0 aromatic carbocycles. The summed E-state index contributed by atoms with van der Waals surface area (Å²) in [6.45, 7) is 1.54. The number of amides is 2. The van der Waals surface area contributed by atoms with Gasteiger partial charge in [0.25, 0.3) is 0 Å². The average molecular weight is 481 g/mol. The van der Waals surface area contributed by atoms with Crippen LogP contribution >= 0.6 is 0 Å². The number of nitrogens with zero attached hydrogens (tertiary/aromatic N) is 3. The number of urea groups is 1. The molecule has 182 valence electrons. The molecule has 1 aromatic heterocycles. The lowest BCUT2D eigenvalue weighted by atomic mass is 9.88. The first kappa shape index (κ1) is 23.6. The summed E-state index contributed by atoms with van der Waals surface area (Å²) in [5, 5.41) is 0. The lowest BCUT2D eigenvalue weighted by molar-refractivity contribution is -0.162. The van der Waals surface area contributed by atoms with E-state index in [4.69, 9.17) is 9.47 Å². The van der Waals surface area contributed by atoms with Crippen LogP contribution in [-0.4, -0.2) is 72.1 Å². The second-order valence-electron chi connectivity index (χ2n) is 8.52. The Labute approximate surface area is 184 Å². The molecule has 3 aliphatic heterocycles. The minimum atomic E-state index is -5.22. The number of carbonyl (C=O) groups is 2. The van der Waals surface area contributed by atoms with E-state index in [1.54, 1.807) is 9.80 Å². The van der Waals surface area contributed by atoms with Gasteiger partial charge in [-0.05, 0) is 6.42 Å². The van der Waals surface area contributed by atoms with Gasteiger partial charge in [0.1, 0.15) is 6.61 Å². The van der Waals surface area contributed by atoms with Gasteiger partial charge in [-0.2, -0.15) is 26.3 Å². The van der Waals surface area contributed by atoms with E-state index in [0.29, 0.717) is 39.0 Å². The molecule has 0 unspecified atom stereocenters. The van der Waals surface area contributed by atoms with Crippen LogP contribution in [0.1, 0.15) is 24.0 Å². The van der Waals surface area contributed by atoms with Crippen molar-refractivity contribution in [2.24, 2.45) is 11.8 Å². The van der Waals surface area contributed by atoms with Crippen LogP contribution < -0.4 is 4.74 Å². The minimum Gasteiger partial charge on any atom is -0.477 e. The maximum atomic E-state index is 13.0. The second-order valence-corrected chi connectivity index (χ2v) is 8.52. The molecule has 4 heterocycles. The van der Waals surface area contributed by atoms with E-state index in [2.05, 4.69) is 4.98 Å².